The second-order valence-electron chi connectivity index (χ2n) is 4.01. The van der Waals surface area contributed by atoms with Crippen molar-refractivity contribution in [2.75, 3.05) is 6.61 Å². The van der Waals surface area contributed by atoms with Crippen LogP contribution < -0.4 is 0 Å². The molecule has 1 aromatic carbocycles. The summed E-state index contributed by atoms with van der Waals surface area (Å²) in [6.07, 6.45) is -1.48. The fraction of sp³-hybridized carbons (Fsp3) is 0.429. The van der Waals surface area contributed by atoms with Gasteiger partial charge in [-0.25, -0.2) is 0 Å². The Morgan fingerprint density at radius 2 is 1.68 bits per heavy atom. The van der Waals surface area contributed by atoms with E-state index < -0.39 is 18.0 Å². The van der Waals surface area contributed by atoms with E-state index in [0.29, 0.717) is 0 Å². The van der Waals surface area contributed by atoms with E-state index in [4.69, 9.17) is 4.74 Å². The number of esters is 2. The van der Waals surface area contributed by atoms with Crippen LogP contribution >= 0.6 is 0 Å². The highest BCUT2D eigenvalue weighted by Gasteiger charge is 2.16. The van der Waals surface area contributed by atoms with Crippen LogP contribution in [0.15, 0.2) is 30.3 Å². The zero-order valence-corrected chi connectivity index (χ0v) is 10.9. The number of aliphatic hydroxyl groups excluding tert-OH is 1. The van der Waals surface area contributed by atoms with E-state index in [1.807, 2.05) is 30.3 Å². The Labute approximate surface area is 112 Å². The van der Waals surface area contributed by atoms with Crippen molar-refractivity contribution < 1.29 is 24.2 Å². The summed E-state index contributed by atoms with van der Waals surface area (Å²) in [6, 6.07) is 9.23. The summed E-state index contributed by atoms with van der Waals surface area (Å²) >= 11 is 0. The summed E-state index contributed by atoms with van der Waals surface area (Å²) in [7, 11) is 0. The van der Waals surface area contributed by atoms with Gasteiger partial charge in [0, 0.05) is 0 Å². The first-order chi connectivity index (χ1) is 9.11. The lowest BCUT2D eigenvalue weighted by atomic mass is 10.2. The Hall–Kier alpha value is -1.88. The molecule has 1 rings (SSSR count). The second-order valence-corrected chi connectivity index (χ2v) is 4.01. The molecule has 1 aromatic rings. The van der Waals surface area contributed by atoms with Gasteiger partial charge in [-0.2, -0.15) is 0 Å². The molecule has 0 amide bonds. The van der Waals surface area contributed by atoms with Crippen LogP contribution in [0.1, 0.15) is 25.3 Å². The Morgan fingerprint density at radius 1 is 1.11 bits per heavy atom. The van der Waals surface area contributed by atoms with Crippen molar-refractivity contribution in [2.24, 2.45) is 0 Å². The lowest BCUT2D eigenvalue weighted by Crippen LogP contribution is -2.20. The van der Waals surface area contributed by atoms with Gasteiger partial charge in [-0.3, -0.25) is 9.59 Å². The van der Waals surface area contributed by atoms with Crippen molar-refractivity contribution >= 4 is 11.9 Å². The number of carbonyl (C=O) groups is 2. The maximum atomic E-state index is 11.4. The number of ether oxygens (including phenoxy) is 2. The minimum atomic E-state index is -1.07. The van der Waals surface area contributed by atoms with Gasteiger partial charge in [0.1, 0.15) is 6.61 Å². The molecule has 1 atom stereocenters. The van der Waals surface area contributed by atoms with Crippen LogP contribution in [-0.4, -0.2) is 29.8 Å². The standard InChI is InChI=1S/C14H18O5/c1-2-18-13(16)8-12(15)9-14(17)19-10-11-6-4-3-5-7-11/h3-7,12,15H,2,8-10H2,1H3/t12-/m1/s1. The average Bonchev–Trinajstić information content (AvgIpc) is 2.37. The first-order valence-electron chi connectivity index (χ1n) is 6.15. The molecule has 0 heterocycles. The molecule has 19 heavy (non-hydrogen) atoms. The fourth-order valence-electron chi connectivity index (χ4n) is 1.47. The van der Waals surface area contributed by atoms with Crippen molar-refractivity contribution in [1.29, 1.82) is 0 Å². The number of aliphatic hydroxyl groups is 1. The van der Waals surface area contributed by atoms with Crippen molar-refractivity contribution in [3.05, 3.63) is 35.9 Å². The molecular formula is C14H18O5. The van der Waals surface area contributed by atoms with Crippen molar-refractivity contribution in [3.63, 3.8) is 0 Å². The maximum absolute atomic E-state index is 11.4. The molecule has 0 spiro atoms. The second kappa shape index (κ2) is 8.26. The molecule has 0 aromatic heterocycles. The van der Waals surface area contributed by atoms with Gasteiger partial charge in [0.15, 0.2) is 0 Å². The average molecular weight is 266 g/mol. The van der Waals surface area contributed by atoms with Gasteiger partial charge in [0.25, 0.3) is 0 Å². The smallest absolute Gasteiger partial charge is 0.308 e. The van der Waals surface area contributed by atoms with E-state index in [2.05, 4.69) is 4.74 Å². The van der Waals surface area contributed by atoms with Gasteiger partial charge in [0.05, 0.1) is 25.6 Å². The molecule has 0 radical (unpaired) electrons. The molecule has 0 saturated heterocycles. The van der Waals surface area contributed by atoms with Gasteiger partial charge < -0.3 is 14.6 Å². The third-order valence-electron chi connectivity index (χ3n) is 2.35. The first kappa shape index (κ1) is 15.2. The molecule has 5 heteroatoms. The maximum Gasteiger partial charge on any atom is 0.308 e. The SMILES string of the molecule is CCOC(=O)C[C@@H](O)CC(=O)OCc1ccccc1. The van der Waals surface area contributed by atoms with Gasteiger partial charge in [-0.15, -0.1) is 0 Å². The molecule has 1 N–H and O–H groups in total. The van der Waals surface area contributed by atoms with Crippen LogP contribution in [0.25, 0.3) is 0 Å². The summed E-state index contributed by atoms with van der Waals surface area (Å²) in [5.41, 5.74) is 0.871. The van der Waals surface area contributed by atoms with E-state index in [1.165, 1.54) is 0 Å². The molecule has 0 fully saturated rings. The number of carbonyl (C=O) groups excluding carboxylic acids is 2. The lowest BCUT2D eigenvalue weighted by Gasteiger charge is -2.09. The van der Waals surface area contributed by atoms with E-state index in [0.717, 1.165) is 5.56 Å². The largest absolute Gasteiger partial charge is 0.466 e. The monoisotopic (exact) mass is 266 g/mol. The molecular weight excluding hydrogens is 248 g/mol. The van der Waals surface area contributed by atoms with E-state index in [1.54, 1.807) is 6.92 Å². The molecule has 0 bridgehead atoms. The van der Waals surface area contributed by atoms with Crippen LogP contribution in [-0.2, 0) is 25.7 Å². The third-order valence-corrected chi connectivity index (χ3v) is 2.35. The van der Waals surface area contributed by atoms with Crippen molar-refractivity contribution in [3.8, 4) is 0 Å². The lowest BCUT2D eigenvalue weighted by molar-refractivity contribution is -0.149. The van der Waals surface area contributed by atoms with Crippen molar-refractivity contribution in [2.45, 2.75) is 32.5 Å². The van der Waals surface area contributed by atoms with E-state index in [-0.39, 0.29) is 26.1 Å². The van der Waals surface area contributed by atoms with Crippen LogP contribution in [0, 0.1) is 0 Å². The summed E-state index contributed by atoms with van der Waals surface area (Å²) in [5.74, 6) is -1.06. The molecule has 0 aliphatic carbocycles. The number of benzene rings is 1. The minimum Gasteiger partial charge on any atom is -0.466 e. The van der Waals surface area contributed by atoms with Gasteiger partial charge in [0.2, 0.25) is 0 Å². The Balaban J connectivity index is 2.25. The summed E-state index contributed by atoms with van der Waals surface area (Å²) < 4.78 is 9.66. The Bertz CT molecular complexity index is 402. The van der Waals surface area contributed by atoms with Crippen LogP contribution in [0.5, 0.6) is 0 Å². The van der Waals surface area contributed by atoms with Crippen LogP contribution in [0.3, 0.4) is 0 Å². The summed E-state index contributed by atoms with van der Waals surface area (Å²) in [4.78, 5) is 22.5. The highest BCUT2D eigenvalue weighted by atomic mass is 16.5. The Morgan fingerprint density at radius 3 is 2.26 bits per heavy atom. The molecule has 0 unspecified atom stereocenters. The molecule has 5 nitrogen and oxygen atoms in total. The van der Waals surface area contributed by atoms with Gasteiger partial charge in [-0.05, 0) is 12.5 Å². The van der Waals surface area contributed by atoms with Crippen LogP contribution in [0.2, 0.25) is 0 Å². The van der Waals surface area contributed by atoms with Crippen molar-refractivity contribution in [1.82, 2.24) is 0 Å². The van der Waals surface area contributed by atoms with E-state index in [9.17, 15) is 14.7 Å². The quantitative estimate of drug-likeness (QED) is 0.756. The van der Waals surface area contributed by atoms with Crippen LogP contribution in [0.4, 0.5) is 0 Å². The molecule has 0 saturated carbocycles. The molecule has 104 valence electrons. The summed E-state index contributed by atoms with van der Waals surface area (Å²) in [6.45, 7) is 2.09. The number of rotatable bonds is 7. The molecule has 0 aliphatic heterocycles. The Kier molecular flexibility index (Phi) is 6.60. The topological polar surface area (TPSA) is 72.8 Å². The summed E-state index contributed by atoms with van der Waals surface area (Å²) in [5, 5.41) is 9.51. The van der Waals surface area contributed by atoms with Gasteiger partial charge in [-0.1, -0.05) is 30.3 Å². The predicted molar refractivity (Wildman–Crippen MR) is 68.1 cm³/mol. The zero-order valence-electron chi connectivity index (χ0n) is 10.9. The zero-order chi connectivity index (χ0) is 14.1. The fourth-order valence-corrected chi connectivity index (χ4v) is 1.47. The minimum absolute atomic E-state index is 0.159. The highest BCUT2D eigenvalue weighted by molar-refractivity contribution is 5.73. The van der Waals surface area contributed by atoms with E-state index >= 15 is 0 Å². The molecule has 0 aliphatic rings. The number of hydrogen-bond donors (Lipinski definition) is 1. The third kappa shape index (κ3) is 6.57. The first-order valence-corrected chi connectivity index (χ1v) is 6.15. The number of hydrogen-bond acceptors (Lipinski definition) is 5. The predicted octanol–water partition coefficient (Wildman–Crippen LogP) is 1.43. The highest BCUT2D eigenvalue weighted by Crippen LogP contribution is 2.05. The van der Waals surface area contributed by atoms with Gasteiger partial charge >= 0.3 is 11.9 Å². The normalized spacial score (nSPS) is 11.7.